The molecule has 0 aliphatic carbocycles. The summed E-state index contributed by atoms with van der Waals surface area (Å²) in [6.07, 6.45) is 0. The average molecular weight is 228 g/mol. The lowest BCUT2D eigenvalue weighted by Crippen LogP contribution is -2.37. The number of aryl methyl sites for hydroxylation is 1. The van der Waals surface area contributed by atoms with Crippen molar-refractivity contribution in [2.45, 2.75) is 33.7 Å². The summed E-state index contributed by atoms with van der Waals surface area (Å²) in [6, 6.07) is 2.05. The molecule has 1 rings (SSSR count). The predicted molar refractivity (Wildman–Crippen MR) is 60.6 cm³/mol. The molecule has 0 radical (unpaired) electrons. The van der Waals surface area contributed by atoms with Crippen LogP contribution in [0, 0.1) is 24.0 Å². The number of nitrogens with one attached hydrogen (secondary N) is 1. The Morgan fingerprint density at radius 3 is 2.19 bits per heavy atom. The Morgan fingerprint density at radius 1 is 1.19 bits per heavy atom. The van der Waals surface area contributed by atoms with Crippen LogP contribution in [0.3, 0.4) is 0 Å². The molecule has 0 heterocycles. The summed E-state index contributed by atoms with van der Waals surface area (Å²) in [6.45, 7) is 7.43. The topological polar surface area (TPSA) is 38.0 Å². The van der Waals surface area contributed by atoms with E-state index in [1.165, 1.54) is 6.07 Å². The van der Waals surface area contributed by atoms with Gasteiger partial charge in [-0.2, -0.15) is 0 Å². The van der Waals surface area contributed by atoms with E-state index in [1.54, 1.807) is 6.92 Å². The fraction of sp³-hybridized carbons (Fsp3) is 0.500. The first kappa shape index (κ1) is 13.1. The highest BCUT2D eigenvalue weighted by Crippen LogP contribution is 2.34. The molecule has 1 aromatic carbocycles. The molecule has 0 amide bonds. The van der Waals surface area contributed by atoms with Crippen molar-refractivity contribution in [2.75, 3.05) is 0 Å². The van der Waals surface area contributed by atoms with Crippen LogP contribution in [0.2, 0.25) is 0 Å². The van der Waals surface area contributed by atoms with Gasteiger partial charge < -0.3 is 0 Å². The van der Waals surface area contributed by atoms with Crippen LogP contribution >= 0.6 is 0 Å². The molecule has 1 unspecified atom stereocenters. The normalized spacial score (nSPS) is 13.9. The second-order valence-electron chi connectivity index (χ2n) is 5.09. The van der Waals surface area contributed by atoms with Gasteiger partial charge in [0.15, 0.2) is 0 Å². The zero-order valence-corrected chi connectivity index (χ0v) is 10.1. The molecule has 1 atom stereocenters. The van der Waals surface area contributed by atoms with Crippen LogP contribution in [0.5, 0.6) is 0 Å². The molecule has 16 heavy (non-hydrogen) atoms. The van der Waals surface area contributed by atoms with Crippen LogP contribution in [0.15, 0.2) is 12.1 Å². The summed E-state index contributed by atoms with van der Waals surface area (Å²) >= 11 is 0. The van der Waals surface area contributed by atoms with E-state index in [2.05, 4.69) is 5.43 Å². The van der Waals surface area contributed by atoms with Gasteiger partial charge in [0.2, 0.25) is 0 Å². The lowest BCUT2D eigenvalue weighted by atomic mass is 9.82. The van der Waals surface area contributed by atoms with Gasteiger partial charge >= 0.3 is 0 Å². The molecular formula is C12H18F2N2. The van der Waals surface area contributed by atoms with E-state index in [9.17, 15) is 8.78 Å². The van der Waals surface area contributed by atoms with Crippen molar-refractivity contribution in [3.05, 3.63) is 34.9 Å². The fourth-order valence-electron chi connectivity index (χ4n) is 1.71. The van der Waals surface area contributed by atoms with Gasteiger partial charge in [-0.05, 0) is 24.0 Å². The Balaban J connectivity index is 3.26. The van der Waals surface area contributed by atoms with E-state index in [-0.39, 0.29) is 11.5 Å². The van der Waals surface area contributed by atoms with Gasteiger partial charge in [0.05, 0.1) is 6.04 Å². The minimum Gasteiger partial charge on any atom is -0.271 e. The van der Waals surface area contributed by atoms with Gasteiger partial charge in [-0.3, -0.25) is 11.3 Å². The standard InChI is InChI=1S/C12H18F2N2/c1-7-5-8(10(14)6-9(7)13)11(16-15)12(2,3)4/h5-6,11,16H,15H2,1-4H3. The molecule has 0 spiro atoms. The number of benzene rings is 1. The van der Waals surface area contributed by atoms with E-state index < -0.39 is 11.6 Å². The first-order valence-corrected chi connectivity index (χ1v) is 5.19. The molecule has 0 saturated carbocycles. The second-order valence-corrected chi connectivity index (χ2v) is 5.09. The highest BCUT2D eigenvalue weighted by molar-refractivity contribution is 5.29. The second kappa shape index (κ2) is 4.47. The van der Waals surface area contributed by atoms with Crippen LogP contribution in [-0.4, -0.2) is 0 Å². The Labute approximate surface area is 94.8 Å². The van der Waals surface area contributed by atoms with E-state index in [0.29, 0.717) is 11.1 Å². The van der Waals surface area contributed by atoms with Gasteiger partial charge in [0.25, 0.3) is 0 Å². The van der Waals surface area contributed by atoms with E-state index in [4.69, 9.17) is 5.84 Å². The molecule has 0 aromatic heterocycles. The van der Waals surface area contributed by atoms with Crippen molar-refractivity contribution < 1.29 is 8.78 Å². The molecule has 0 saturated heterocycles. The molecule has 0 aliphatic rings. The SMILES string of the molecule is Cc1cc(C(NN)C(C)(C)C)c(F)cc1F. The number of hydrogen-bond donors (Lipinski definition) is 2. The molecule has 0 bridgehead atoms. The van der Waals surface area contributed by atoms with Gasteiger partial charge in [0.1, 0.15) is 11.6 Å². The van der Waals surface area contributed by atoms with Crippen LogP contribution in [0.4, 0.5) is 8.78 Å². The number of hydrazine groups is 1. The Hall–Kier alpha value is -1.00. The highest BCUT2D eigenvalue weighted by atomic mass is 19.1. The fourth-order valence-corrected chi connectivity index (χ4v) is 1.71. The smallest absolute Gasteiger partial charge is 0.130 e. The number of nitrogens with two attached hydrogens (primary N) is 1. The number of halogens is 2. The average Bonchev–Trinajstić information content (AvgIpc) is 2.12. The minimum atomic E-state index is -0.569. The third kappa shape index (κ3) is 2.57. The van der Waals surface area contributed by atoms with Crippen LogP contribution < -0.4 is 11.3 Å². The van der Waals surface area contributed by atoms with E-state index >= 15 is 0 Å². The van der Waals surface area contributed by atoms with Crippen molar-refractivity contribution in [1.82, 2.24) is 5.43 Å². The van der Waals surface area contributed by atoms with Crippen LogP contribution in [-0.2, 0) is 0 Å². The van der Waals surface area contributed by atoms with Crippen LogP contribution in [0.1, 0.15) is 37.9 Å². The highest BCUT2D eigenvalue weighted by Gasteiger charge is 2.28. The van der Waals surface area contributed by atoms with Crippen LogP contribution in [0.25, 0.3) is 0 Å². The van der Waals surface area contributed by atoms with Gasteiger partial charge in [-0.15, -0.1) is 0 Å². The zero-order valence-electron chi connectivity index (χ0n) is 10.1. The summed E-state index contributed by atoms with van der Waals surface area (Å²) in [5.74, 6) is 4.33. The quantitative estimate of drug-likeness (QED) is 0.603. The molecule has 2 nitrogen and oxygen atoms in total. The first-order chi connectivity index (χ1) is 7.27. The summed E-state index contributed by atoms with van der Waals surface area (Å²) in [5.41, 5.74) is 3.15. The zero-order chi connectivity index (χ0) is 12.5. The molecule has 90 valence electrons. The first-order valence-electron chi connectivity index (χ1n) is 5.19. The summed E-state index contributed by atoms with van der Waals surface area (Å²) in [7, 11) is 0. The minimum absolute atomic E-state index is 0.250. The maximum absolute atomic E-state index is 13.7. The number of hydrogen-bond acceptors (Lipinski definition) is 2. The third-order valence-electron chi connectivity index (χ3n) is 2.62. The predicted octanol–water partition coefficient (Wildman–Crippen LogP) is 2.82. The van der Waals surface area contributed by atoms with Gasteiger partial charge in [-0.25, -0.2) is 8.78 Å². The molecule has 3 N–H and O–H groups in total. The summed E-state index contributed by atoms with van der Waals surface area (Å²) in [5, 5.41) is 0. The molecule has 1 aromatic rings. The third-order valence-corrected chi connectivity index (χ3v) is 2.62. The van der Waals surface area contributed by atoms with E-state index in [0.717, 1.165) is 6.07 Å². The summed E-state index contributed by atoms with van der Waals surface area (Å²) in [4.78, 5) is 0. The Bertz CT molecular complexity index is 383. The Morgan fingerprint density at radius 2 is 1.75 bits per heavy atom. The largest absolute Gasteiger partial charge is 0.271 e. The molecular weight excluding hydrogens is 210 g/mol. The van der Waals surface area contributed by atoms with Gasteiger partial charge in [-0.1, -0.05) is 20.8 Å². The molecule has 4 heteroatoms. The van der Waals surface area contributed by atoms with Gasteiger partial charge in [0, 0.05) is 11.6 Å². The monoisotopic (exact) mass is 228 g/mol. The lowest BCUT2D eigenvalue weighted by molar-refractivity contribution is 0.268. The number of rotatable bonds is 2. The Kier molecular flexibility index (Phi) is 3.65. The summed E-state index contributed by atoms with van der Waals surface area (Å²) < 4.78 is 26.8. The molecule has 0 fully saturated rings. The van der Waals surface area contributed by atoms with E-state index in [1.807, 2.05) is 20.8 Å². The maximum Gasteiger partial charge on any atom is 0.130 e. The van der Waals surface area contributed by atoms with Crippen molar-refractivity contribution in [3.8, 4) is 0 Å². The maximum atomic E-state index is 13.7. The molecule has 0 aliphatic heterocycles. The van der Waals surface area contributed by atoms with Crippen molar-refractivity contribution in [2.24, 2.45) is 11.3 Å². The van der Waals surface area contributed by atoms with Crippen molar-refractivity contribution in [3.63, 3.8) is 0 Å². The van der Waals surface area contributed by atoms with Crippen molar-refractivity contribution in [1.29, 1.82) is 0 Å². The van der Waals surface area contributed by atoms with Crippen molar-refractivity contribution >= 4 is 0 Å². The lowest BCUT2D eigenvalue weighted by Gasteiger charge is -2.30.